The quantitative estimate of drug-likeness (QED) is 0.472. The third-order valence-electron chi connectivity index (χ3n) is 1.56. The SMILES string of the molecule is CC(C)O.CC(C)O.CCC(CC)C(=O)OC(C)=O.[Ti]. The Kier molecular flexibility index (Phi) is 26.3. The number of aliphatic hydroxyl groups excluding tert-OH is 2. The molecule has 0 saturated carbocycles. The van der Waals surface area contributed by atoms with Crippen LogP contribution in [0.2, 0.25) is 0 Å². The van der Waals surface area contributed by atoms with Gasteiger partial charge in [0.15, 0.2) is 0 Å². The fourth-order valence-corrected chi connectivity index (χ4v) is 0.847. The molecule has 0 fully saturated rings. The van der Waals surface area contributed by atoms with Crippen LogP contribution in [0, 0.1) is 5.92 Å². The Bertz CT molecular complexity index is 214. The minimum Gasteiger partial charge on any atom is -0.394 e. The molecule has 0 radical (unpaired) electrons. The minimum absolute atomic E-state index is 0. The third kappa shape index (κ3) is 36.1. The first-order valence-electron chi connectivity index (χ1n) is 6.66. The molecule has 0 rings (SSSR count). The zero-order chi connectivity index (χ0) is 16.0. The van der Waals surface area contributed by atoms with E-state index in [1.54, 1.807) is 27.7 Å². The normalized spacial score (nSPS) is 9.00. The van der Waals surface area contributed by atoms with Gasteiger partial charge in [0.1, 0.15) is 0 Å². The second-order valence-electron chi connectivity index (χ2n) is 4.61. The van der Waals surface area contributed by atoms with Gasteiger partial charge in [-0.1, -0.05) is 13.8 Å². The molecule has 0 aromatic rings. The molecule has 0 aromatic heterocycles. The molecule has 0 atom stereocenters. The second kappa shape index (κ2) is 18.8. The van der Waals surface area contributed by atoms with Gasteiger partial charge in [-0.2, -0.15) is 0 Å². The minimum atomic E-state index is -0.526. The molecule has 120 valence electrons. The van der Waals surface area contributed by atoms with Crippen LogP contribution in [0.15, 0.2) is 0 Å². The van der Waals surface area contributed by atoms with E-state index in [1.165, 1.54) is 6.92 Å². The van der Waals surface area contributed by atoms with Gasteiger partial charge in [0.05, 0.1) is 5.92 Å². The van der Waals surface area contributed by atoms with Crippen molar-refractivity contribution in [3.8, 4) is 0 Å². The van der Waals surface area contributed by atoms with Gasteiger partial charge in [0, 0.05) is 40.8 Å². The van der Waals surface area contributed by atoms with E-state index in [4.69, 9.17) is 10.2 Å². The van der Waals surface area contributed by atoms with Crippen molar-refractivity contribution in [2.75, 3.05) is 0 Å². The van der Waals surface area contributed by atoms with Crippen molar-refractivity contribution >= 4 is 11.9 Å². The summed E-state index contributed by atoms with van der Waals surface area (Å²) >= 11 is 0. The summed E-state index contributed by atoms with van der Waals surface area (Å²) in [5.74, 6) is -1.05. The van der Waals surface area contributed by atoms with E-state index in [1.807, 2.05) is 13.8 Å². The van der Waals surface area contributed by atoms with Crippen LogP contribution in [0.25, 0.3) is 0 Å². The van der Waals surface area contributed by atoms with Gasteiger partial charge in [-0.15, -0.1) is 0 Å². The molecule has 20 heavy (non-hydrogen) atoms. The zero-order valence-electron chi connectivity index (χ0n) is 13.8. The molecule has 2 N–H and O–H groups in total. The number of hydrogen-bond acceptors (Lipinski definition) is 5. The maximum atomic E-state index is 11.0. The van der Waals surface area contributed by atoms with Crippen molar-refractivity contribution in [1.29, 1.82) is 0 Å². The summed E-state index contributed by atoms with van der Waals surface area (Å²) in [5, 5.41) is 16.1. The predicted octanol–water partition coefficient (Wildman–Crippen LogP) is 2.28. The molecule has 0 aliphatic carbocycles. The zero-order valence-corrected chi connectivity index (χ0v) is 15.3. The van der Waals surface area contributed by atoms with Crippen LogP contribution in [0.5, 0.6) is 0 Å². The largest absolute Gasteiger partial charge is 0.394 e. The number of esters is 2. The number of carbonyl (C=O) groups excluding carboxylic acids is 2. The van der Waals surface area contributed by atoms with Crippen molar-refractivity contribution < 1.29 is 46.3 Å². The van der Waals surface area contributed by atoms with Crippen molar-refractivity contribution in [3.05, 3.63) is 0 Å². The molecule has 6 heteroatoms. The summed E-state index contributed by atoms with van der Waals surface area (Å²) in [5.41, 5.74) is 0. The summed E-state index contributed by atoms with van der Waals surface area (Å²) in [6.45, 7) is 11.9. The van der Waals surface area contributed by atoms with E-state index in [-0.39, 0.29) is 39.8 Å². The first-order chi connectivity index (χ1) is 8.58. The average Bonchev–Trinajstić information content (AvgIpc) is 2.16. The number of aliphatic hydroxyl groups is 2. The molecule has 5 nitrogen and oxygen atoms in total. The first kappa shape index (κ1) is 28.0. The van der Waals surface area contributed by atoms with Crippen LogP contribution in [0.1, 0.15) is 61.3 Å². The van der Waals surface area contributed by atoms with Crippen molar-refractivity contribution in [1.82, 2.24) is 0 Å². The Hall–Kier alpha value is -0.226. The molecule has 0 aliphatic rings. The smallest absolute Gasteiger partial charge is 0.316 e. The molecule has 0 spiro atoms. The van der Waals surface area contributed by atoms with Gasteiger partial charge in [-0.25, -0.2) is 0 Å². The molecule has 0 aliphatic heterocycles. The molecular weight excluding hydrogens is 296 g/mol. The van der Waals surface area contributed by atoms with Crippen molar-refractivity contribution in [2.45, 2.75) is 73.5 Å². The van der Waals surface area contributed by atoms with Gasteiger partial charge in [-0.05, 0) is 40.5 Å². The van der Waals surface area contributed by atoms with Crippen LogP contribution in [-0.4, -0.2) is 34.4 Å². The fraction of sp³-hybridized carbons (Fsp3) is 0.857. The van der Waals surface area contributed by atoms with Crippen molar-refractivity contribution in [3.63, 3.8) is 0 Å². The standard InChI is InChI=1S/C8H14O3.2C3H8O.Ti/c1-4-7(5-2)8(10)11-6(3)9;2*1-3(2)4;/h7H,4-5H2,1-3H3;2*3-4H,1-2H3;. The van der Waals surface area contributed by atoms with E-state index in [9.17, 15) is 9.59 Å². The molecule has 0 unspecified atom stereocenters. The second-order valence-corrected chi connectivity index (χ2v) is 4.61. The number of hydrogen-bond donors (Lipinski definition) is 2. The van der Waals surface area contributed by atoms with E-state index < -0.39 is 11.9 Å². The summed E-state index contributed by atoms with van der Waals surface area (Å²) < 4.78 is 4.42. The molecule has 0 amide bonds. The maximum Gasteiger partial charge on any atom is 0.316 e. The summed E-state index contributed by atoms with van der Waals surface area (Å²) in [6, 6.07) is 0. The Morgan fingerprint density at radius 2 is 1.20 bits per heavy atom. The Labute approximate surface area is 138 Å². The number of ether oxygens (including phenoxy) is 1. The average molecular weight is 326 g/mol. The van der Waals surface area contributed by atoms with Crippen LogP contribution in [0.3, 0.4) is 0 Å². The van der Waals surface area contributed by atoms with Crippen LogP contribution >= 0.6 is 0 Å². The topological polar surface area (TPSA) is 83.8 Å². The van der Waals surface area contributed by atoms with Crippen molar-refractivity contribution in [2.24, 2.45) is 5.92 Å². The molecule has 0 bridgehead atoms. The number of rotatable bonds is 3. The first-order valence-corrected chi connectivity index (χ1v) is 6.66. The molecule has 0 aromatic carbocycles. The van der Waals surface area contributed by atoms with Gasteiger partial charge < -0.3 is 14.9 Å². The van der Waals surface area contributed by atoms with Gasteiger partial charge >= 0.3 is 11.9 Å². The third-order valence-corrected chi connectivity index (χ3v) is 1.56. The van der Waals surface area contributed by atoms with E-state index in [0.717, 1.165) is 12.8 Å². The number of carbonyl (C=O) groups is 2. The molecule has 0 heterocycles. The van der Waals surface area contributed by atoms with Gasteiger partial charge in [0.25, 0.3) is 0 Å². The molecule has 0 saturated heterocycles. The van der Waals surface area contributed by atoms with Crippen LogP contribution < -0.4 is 0 Å². The van der Waals surface area contributed by atoms with E-state index in [2.05, 4.69) is 4.74 Å². The predicted molar refractivity (Wildman–Crippen MR) is 75.6 cm³/mol. The van der Waals surface area contributed by atoms with E-state index in [0.29, 0.717) is 0 Å². The summed E-state index contributed by atoms with van der Waals surface area (Å²) in [4.78, 5) is 21.3. The van der Waals surface area contributed by atoms with Crippen LogP contribution in [0.4, 0.5) is 0 Å². The van der Waals surface area contributed by atoms with Gasteiger partial charge in [0.2, 0.25) is 0 Å². The van der Waals surface area contributed by atoms with Crippen LogP contribution in [-0.2, 0) is 36.0 Å². The van der Waals surface area contributed by atoms with E-state index >= 15 is 0 Å². The maximum absolute atomic E-state index is 11.0. The monoisotopic (exact) mass is 326 g/mol. The fourth-order valence-electron chi connectivity index (χ4n) is 0.847. The summed E-state index contributed by atoms with van der Waals surface area (Å²) in [7, 11) is 0. The Morgan fingerprint density at radius 1 is 0.950 bits per heavy atom. The molecular formula is C14H30O5Ti. The Morgan fingerprint density at radius 3 is 1.35 bits per heavy atom. The Balaban J connectivity index is -0.000000119. The van der Waals surface area contributed by atoms with Gasteiger partial charge in [-0.3, -0.25) is 9.59 Å². The summed E-state index contributed by atoms with van der Waals surface area (Å²) in [6.07, 6.45) is 1.12.